The fourth-order valence-electron chi connectivity index (χ4n) is 2.88. The van der Waals surface area contributed by atoms with Crippen molar-refractivity contribution in [3.05, 3.63) is 35.4 Å². The number of benzene rings is 1. The van der Waals surface area contributed by atoms with Gasteiger partial charge in [-0.2, -0.15) is 0 Å². The van der Waals surface area contributed by atoms with Crippen molar-refractivity contribution in [1.29, 1.82) is 0 Å². The largest absolute Gasteiger partial charge is 0.392 e. The van der Waals surface area contributed by atoms with Crippen LogP contribution in [0, 0.1) is 5.92 Å². The zero-order chi connectivity index (χ0) is 11.2. The lowest BCUT2D eigenvalue weighted by Crippen LogP contribution is -2.32. The first-order chi connectivity index (χ1) is 6.96. The third kappa shape index (κ3) is 1.41. The maximum Gasteiger partial charge on any atom is 0.0702 e. The molecule has 0 saturated heterocycles. The highest BCUT2D eigenvalue weighted by atomic mass is 16.3. The first-order valence-corrected chi connectivity index (χ1v) is 5.73. The van der Waals surface area contributed by atoms with Gasteiger partial charge in [0, 0.05) is 11.3 Å². The Bertz CT molecular complexity index is 365. The van der Waals surface area contributed by atoms with E-state index in [1.54, 1.807) is 0 Å². The van der Waals surface area contributed by atoms with Gasteiger partial charge in [-0.3, -0.25) is 0 Å². The van der Waals surface area contributed by atoms with Gasteiger partial charge >= 0.3 is 0 Å². The van der Waals surface area contributed by atoms with Gasteiger partial charge in [0.2, 0.25) is 0 Å². The van der Waals surface area contributed by atoms with E-state index in [0.717, 1.165) is 0 Å². The second-order valence-electron chi connectivity index (χ2n) is 5.52. The third-order valence-corrected chi connectivity index (χ3v) is 3.81. The standard InChI is InChI=1S/C14H20O/c1-9(2)12-10-7-5-6-8-11(10)14(3,4)13(12)15/h5-9,12-13,15H,1-4H3. The normalized spacial score (nSPS) is 28.1. The predicted octanol–water partition coefficient (Wildman–Crippen LogP) is 3.08. The van der Waals surface area contributed by atoms with Gasteiger partial charge < -0.3 is 5.11 Å². The zero-order valence-corrected chi connectivity index (χ0v) is 9.99. The maximum atomic E-state index is 10.4. The smallest absolute Gasteiger partial charge is 0.0702 e. The van der Waals surface area contributed by atoms with Crippen molar-refractivity contribution in [2.24, 2.45) is 5.92 Å². The van der Waals surface area contributed by atoms with Crippen LogP contribution in [0.2, 0.25) is 0 Å². The van der Waals surface area contributed by atoms with E-state index in [2.05, 4.69) is 52.0 Å². The fourth-order valence-corrected chi connectivity index (χ4v) is 2.88. The molecule has 0 aliphatic heterocycles. The molecule has 0 aromatic heterocycles. The molecule has 1 aromatic carbocycles. The first kappa shape index (κ1) is 10.7. The summed E-state index contributed by atoms with van der Waals surface area (Å²) in [6.07, 6.45) is -0.255. The van der Waals surface area contributed by atoms with Crippen LogP contribution in [0.5, 0.6) is 0 Å². The molecule has 0 fully saturated rings. The molecule has 0 bridgehead atoms. The lowest BCUT2D eigenvalue weighted by atomic mass is 9.81. The highest BCUT2D eigenvalue weighted by Crippen LogP contribution is 2.48. The Hall–Kier alpha value is -0.820. The maximum absolute atomic E-state index is 10.4. The summed E-state index contributed by atoms with van der Waals surface area (Å²) in [4.78, 5) is 0. The summed E-state index contributed by atoms with van der Waals surface area (Å²) in [5, 5.41) is 10.4. The second kappa shape index (κ2) is 3.34. The summed E-state index contributed by atoms with van der Waals surface area (Å²) in [5.74, 6) is 0.777. The molecule has 15 heavy (non-hydrogen) atoms. The highest BCUT2D eigenvalue weighted by molar-refractivity contribution is 5.44. The van der Waals surface area contributed by atoms with E-state index in [-0.39, 0.29) is 17.4 Å². The lowest BCUT2D eigenvalue weighted by molar-refractivity contribution is 0.0755. The van der Waals surface area contributed by atoms with Crippen LogP contribution in [0.25, 0.3) is 0 Å². The summed E-state index contributed by atoms with van der Waals surface area (Å²) in [6.45, 7) is 8.65. The molecule has 2 unspecified atom stereocenters. The van der Waals surface area contributed by atoms with E-state index in [4.69, 9.17) is 0 Å². The van der Waals surface area contributed by atoms with E-state index in [9.17, 15) is 5.11 Å². The molecule has 1 N–H and O–H groups in total. The van der Waals surface area contributed by atoms with Crippen molar-refractivity contribution in [2.45, 2.75) is 45.1 Å². The Morgan fingerprint density at radius 2 is 1.80 bits per heavy atom. The number of fused-ring (bicyclic) bond motifs is 1. The minimum absolute atomic E-state index is 0.106. The van der Waals surface area contributed by atoms with Crippen LogP contribution in [0.1, 0.15) is 44.7 Å². The molecule has 2 atom stereocenters. The molecule has 82 valence electrons. The molecule has 2 rings (SSSR count). The van der Waals surface area contributed by atoms with Gasteiger partial charge in [-0.15, -0.1) is 0 Å². The van der Waals surface area contributed by atoms with Crippen LogP contribution >= 0.6 is 0 Å². The van der Waals surface area contributed by atoms with Crippen LogP contribution in [0.4, 0.5) is 0 Å². The summed E-state index contributed by atoms with van der Waals surface area (Å²) >= 11 is 0. The molecule has 1 heteroatoms. The molecule has 0 radical (unpaired) electrons. The van der Waals surface area contributed by atoms with Crippen molar-refractivity contribution in [1.82, 2.24) is 0 Å². The molecular weight excluding hydrogens is 184 g/mol. The molecule has 0 amide bonds. The number of aliphatic hydroxyl groups is 1. The Labute approximate surface area is 92.1 Å². The molecule has 1 aliphatic rings. The summed E-state index contributed by atoms with van der Waals surface area (Å²) in [5.41, 5.74) is 2.55. The third-order valence-electron chi connectivity index (χ3n) is 3.81. The second-order valence-corrected chi connectivity index (χ2v) is 5.52. The first-order valence-electron chi connectivity index (χ1n) is 5.73. The summed E-state index contributed by atoms with van der Waals surface area (Å²) in [6, 6.07) is 8.46. The van der Waals surface area contributed by atoms with E-state index in [1.807, 2.05) is 0 Å². The Morgan fingerprint density at radius 1 is 1.20 bits per heavy atom. The van der Waals surface area contributed by atoms with Crippen molar-refractivity contribution in [3.8, 4) is 0 Å². The Morgan fingerprint density at radius 3 is 2.40 bits per heavy atom. The van der Waals surface area contributed by atoms with Crippen LogP contribution in [0.3, 0.4) is 0 Å². The quantitative estimate of drug-likeness (QED) is 0.745. The van der Waals surface area contributed by atoms with E-state index >= 15 is 0 Å². The Kier molecular flexibility index (Phi) is 2.38. The molecule has 0 heterocycles. The molecule has 1 aliphatic carbocycles. The number of aliphatic hydroxyl groups excluding tert-OH is 1. The topological polar surface area (TPSA) is 20.2 Å². The van der Waals surface area contributed by atoms with Crippen molar-refractivity contribution < 1.29 is 5.11 Å². The number of hydrogen-bond donors (Lipinski definition) is 1. The van der Waals surface area contributed by atoms with Gasteiger partial charge in [-0.25, -0.2) is 0 Å². The van der Waals surface area contributed by atoms with Gasteiger partial charge in [-0.1, -0.05) is 52.0 Å². The predicted molar refractivity (Wildman–Crippen MR) is 63.1 cm³/mol. The van der Waals surface area contributed by atoms with E-state index in [0.29, 0.717) is 5.92 Å². The van der Waals surface area contributed by atoms with Gasteiger partial charge in [0.1, 0.15) is 0 Å². The minimum atomic E-state index is -0.255. The van der Waals surface area contributed by atoms with Crippen LogP contribution in [-0.2, 0) is 5.41 Å². The average Bonchev–Trinajstić information content (AvgIpc) is 2.36. The summed E-state index contributed by atoms with van der Waals surface area (Å²) in [7, 11) is 0. The average molecular weight is 204 g/mol. The SMILES string of the molecule is CC(C)C1c2ccccc2C(C)(C)C1O. The number of rotatable bonds is 1. The minimum Gasteiger partial charge on any atom is -0.392 e. The van der Waals surface area contributed by atoms with Gasteiger partial charge in [-0.05, 0) is 17.0 Å². The molecule has 0 spiro atoms. The monoisotopic (exact) mass is 204 g/mol. The zero-order valence-electron chi connectivity index (χ0n) is 9.99. The molecular formula is C14H20O. The van der Waals surface area contributed by atoms with Gasteiger partial charge in [0.05, 0.1) is 6.10 Å². The van der Waals surface area contributed by atoms with E-state index < -0.39 is 0 Å². The fraction of sp³-hybridized carbons (Fsp3) is 0.571. The lowest BCUT2D eigenvalue weighted by Gasteiger charge is -2.28. The molecule has 1 aromatic rings. The van der Waals surface area contributed by atoms with Crippen molar-refractivity contribution in [3.63, 3.8) is 0 Å². The molecule has 1 nitrogen and oxygen atoms in total. The van der Waals surface area contributed by atoms with Crippen LogP contribution < -0.4 is 0 Å². The Balaban J connectivity index is 2.57. The summed E-state index contributed by atoms with van der Waals surface area (Å²) < 4.78 is 0. The van der Waals surface area contributed by atoms with E-state index in [1.165, 1.54) is 11.1 Å². The van der Waals surface area contributed by atoms with Crippen LogP contribution in [-0.4, -0.2) is 11.2 Å². The van der Waals surface area contributed by atoms with Crippen molar-refractivity contribution in [2.75, 3.05) is 0 Å². The van der Waals surface area contributed by atoms with Crippen molar-refractivity contribution >= 4 is 0 Å². The van der Waals surface area contributed by atoms with Gasteiger partial charge in [0.25, 0.3) is 0 Å². The number of hydrogen-bond acceptors (Lipinski definition) is 1. The van der Waals surface area contributed by atoms with Crippen LogP contribution in [0.15, 0.2) is 24.3 Å². The molecule has 0 saturated carbocycles. The highest BCUT2D eigenvalue weighted by Gasteiger charge is 2.45. The van der Waals surface area contributed by atoms with Gasteiger partial charge in [0.15, 0.2) is 0 Å².